The van der Waals surface area contributed by atoms with E-state index in [2.05, 4.69) is 11.9 Å². The highest BCUT2D eigenvalue weighted by molar-refractivity contribution is 5.02. The molecule has 0 aliphatic heterocycles. The van der Waals surface area contributed by atoms with Gasteiger partial charge in [0.05, 0.1) is 12.1 Å². The summed E-state index contributed by atoms with van der Waals surface area (Å²) < 4.78 is 5.55. The van der Waals surface area contributed by atoms with Crippen LogP contribution in [0, 0.1) is 0 Å². The number of nitrogens with one attached hydrogen (secondary N) is 1. The third kappa shape index (κ3) is 2.91. The van der Waals surface area contributed by atoms with Gasteiger partial charge in [-0.05, 0) is 46.6 Å². The molecule has 1 aliphatic carbocycles. The maximum Gasteiger partial charge on any atom is 0.180 e. The van der Waals surface area contributed by atoms with E-state index >= 15 is 0 Å². The highest BCUT2D eigenvalue weighted by Gasteiger charge is 2.37. The molecule has 0 aromatic rings. The summed E-state index contributed by atoms with van der Waals surface area (Å²) in [6.45, 7) is 9.90. The molecule has 0 unspecified atom stereocenters. The Balaban J connectivity index is 2.40. The van der Waals surface area contributed by atoms with Crippen molar-refractivity contribution in [3.05, 3.63) is 12.5 Å². The van der Waals surface area contributed by atoms with Gasteiger partial charge in [-0.3, -0.25) is 0 Å². The standard InChI is InChI=1S/C11H21NO2/c1-9(14-10(2,3)4)12-11(8-13)6-5-7-11/h12-13H,1,5-8H2,2-4H3. The first-order valence-corrected chi connectivity index (χ1v) is 5.14. The summed E-state index contributed by atoms with van der Waals surface area (Å²) in [4.78, 5) is 0. The molecule has 0 bridgehead atoms. The van der Waals surface area contributed by atoms with Crippen molar-refractivity contribution in [2.75, 3.05) is 6.61 Å². The van der Waals surface area contributed by atoms with Crippen molar-refractivity contribution in [2.24, 2.45) is 0 Å². The summed E-state index contributed by atoms with van der Waals surface area (Å²) in [7, 11) is 0. The Kier molecular flexibility index (Phi) is 3.10. The number of hydrogen-bond acceptors (Lipinski definition) is 3. The van der Waals surface area contributed by atoms with Crippen LogP contribution in [0.2, 0.25) is 0 Å². The lowest BCUT2D eigenvalue weighted by Gasteiger charge is -2.42. The normalized spacial score (nSPS) is 19.7. The number of ether oxygens (including phenoxy) is 1. The van der Waals surface area contributed by atoms with E-state index in [1.54, 1.807) is 0 Å². The van der Waals surface area contributed by atoms with Crippen LogP contribution in [0.1, 0.15) is 40.0 Å². The predicted octanol–water partition coefficient (Wildman–Crippen LogP) is 1.78. The molecule has 0 heterocycles. The molecular weight excluding hydrogens is 178 g/mol. The van der Waals surface area contributed by atoms with Gasteiger partial charge in [-0.25, -0.2) is 0 Å². The van der Waals surface area contributed by atoms with E-state index in [-0.39, 0.29) is 17.7 Å². The van der Waals surface area contributed by atoms with E-state index in [0.717, 1.165) is 19.3 Å². The minimum atomic E-state index is -0.232. The van der Waals surface area contributed by atoms with Crippen molar-refractivity contribution < 1.29 is 9.84 Å². The Morgan fingerprint density at radius 2 is 2.07 bits per heavy atom. The van der Waals surface area contributed by atoms with Crippen molar-refractivity contribution in [1.29, 1.82) is 0 Å². The summed E-state index contributed by atoms with van der Waals surface area (Å²) >= 11 is 0. The summed E-state index contributed by atoms with van der Waals surface area (Å²) in [5.41, 5.74) is -0.396. The lowest BCUT2D eigenvalue weighted by molar-refractivity contribution is 0.0100. The van der Waals surface area contributed by atoms with Gasteiger partial charge in [0, 0.05) is 0 Å². The van der Waals surface area contributed by atoms with E-state index < -0.39 is 0 Å². The predicted molar refractivity (Wildman–Crippen MR) is 56.8 cm³/mol. The fourth-order valence-electron chi connectivity index (χ4n) is 1.62. The van der Waals surface area contributed by atoms with E-state index in [9.17, 15) is 5.11 Å². The van der Waals surface area contributed by atoms with Gasteiger partial charge in [0.1, 0.15) is 5.60 Å². The van der Waals surface area contributed by atoms with Crippen LogP contribution >= 0.6 is 0 Å². The zero-order chi connectivity index (χ0) is 10.8. The molecule has 82 valence electrons. The van der Waals surface area contributed by atoms with E-state index in [1.807, 2.05) is 20.8 Å². The smallest absolute Gasteiger partial charge is 0.180 e. The van der Waals surface area contributed by atoms with Crippen molar-refractivity contribution in [3.63, 3.8) is 0 Å². The van der Waals surface area contributed by atoms with Crippen LogP contribution in [0.3, 0.4) is 0 Å². The van der Waals surface area contributed by atoms with Crippen LogP contribution in [0.15, 0.2) is 12.5 Å². The molecule has 0 saturated heterocycles. The SMILES string of the molecule is C=C(NC1(CO)CCC1)OC(C)(C)C. The molecule has 0 atom stereocenters. The molecule has 0 spiro atoms. The molecule has 2 N–H and O–H groups in total. The van der Waals surface area contributed by atoms with Crippen LogP contribution in [0.4, 0.5) is 0 Å². The summed E-state index contributed by atoms with van der Waals surface area (Å²) in [5.74, 6) is 0.561. The largest absolute Gasteiger partial charge is 0.474 e. The fourth-order valence-corrected chi connectivity index (χ4v) is 1.62. The first kappa shape index (κ1) is 11.4. The minimum Gasteiger partial charge on any atom is -0.474 e. The van der Waals surface area contributed by atoms with Crippen LogP contribution < -0.4 is 5.32 Å². The molecule has 1 fully saturated rings. The lowest BCUT2D eigenvalue weighted by atomic mass is 9.77. The molecule has 1 aliphatic rings. The number of hydrogen-bond donors (Lipinski definition) is 2. The van der Waals surface area contributed by atoms with Crippen LogP contribution in [0.5, 0.6) is 0 Å². The molecule has 14 heavy (non-hydrogen) atoms. The molecule has 0 aromatic carbocycles. The molecular formula is C11H21NO2. The minimum absolute atomic E-state index is 0.152. The van der Waals surface area contributed by atoms with Crippen LogP contribution in [0.25, 0.3) is 0 Å². The Hall–Kier alpha value is -0.700. The van der Waals surface area contributed by atoms with Crippen molar-refractivity contribution in [1.82, 2.24) is 5.32 Å². The quantitative estimate of drug-likeness (QED) is 0.678. The third-order valence-electron chi connectivity index (χ3n) is 2.45. The molecule has 3 heteroatoms. The Labute approximate surface area is 86.2 Å². The van der Waals surface area contributed by atoms with Gasteiger partial charge in [-0.15, -0.1) is 0 Å². The molecule has 1 rings (SSSR count). The van der Waals surface area contributed by atoms with Gasteiger partial charge in [0.15, 0.2) is 5.88 Å². The first-order valence-electron chi connectivity index (χ1n) is 5.14. The number of aliphatic hydroxyl groups is 1. The monoisotopic (exact) mass is 199 g/mol. The third-order valence-corrected chi connectivity index (χ3v) is 2.45. The molecule has 3 nitrogen and oxygen atoms in total. The fraction of sp³-hybridized carbons (Fsp3) is 0.818. The van der Waals surface area contributed by atoms with E-state index in [4.69, 9.17) is 4.74 Å². The average molecular weight is 199 g/mol. The van der Waals surface area contributed by atoms with Crippen molar-refractivity contribution in [2.45, 2.75) is 51.2 Å². The van der Waals surface area contributed by atoms with Gasteiger partial charge in [0.2, 0.25) is 0 Å². The maximum absolute atomic E-state index is 9.22. The highest BCUT2D eigenvalue weighted by atomic mass is 16.5. The second kappa shape index (κ2) is 3.81. The summed E-state index contributed by atoms with van der Waals surface area (Å²) in [5, 5.41) is 12.4. The average Bonchev–Trinajstić information content (AvgIpc) is 1.93. The number of rotatable bonds is 4. The molecule has 0 radical (unpaired) electrons. The van der Waals surface area contributed by atoms with Gasteiger partial charge < -0.3 is 15.2 Å². The number of aliphatic hydroxyl groups excluding tert-OH is 1. The second-order valence-corrected chi connectivity index (χ2v) is 5.05. The Morgan fingerprint density at radius 3 is 2.36 bits per heavy atom. The van der Waals surface area contributed by atoms with E-state index in [0.29, 0.717) is 5.88 Å². The summed E-state index contributed by atoms with van der Waals surface area (Å²) in [6, 6.07) is 0. The van der Waals surface area contributed by atoms with Crippen LogP contribution in [-0.2, 0) is 4.74 Å². The maximum atomic E-state index is 9.22. The first-order chi connectivity index (χ1) is 6.37. The van der Waals surface area contributed by atoms with Gasteiger partial charge >= 0.3 is 0 Å². The van der Waals surface area contributed by atoms with Gasteiger partial charge in [-0.2, -0.15) is 0 Å². The van der Waals surface area contributed by atoms with Crippen molar-refractivity contribution >= 4 is 0 Å². The van der Waals surface area contributed by atoms with Crippen molar-refractivity contribution in [3.8, 4) is 0 Å². The van der Waals surface area contributed by atoms with Gasteiger partial charge in [0.25, 0.3) is 0 Å². The zero-order valence-corrected chi connectivity index (χ0v) is 9.39. The molecule has 0 aromatic heterocycles. The van der Waals surface area contributed by atoms with Crippen LogP contribution in [-0.4, -0.2) is 22.9 Å². The topological polar surface area (TPSA) is 41.5 Å². The molecule has 1 saturated carbocycles. The Bertz CT molecular complexity index is 208. The highest BCUT2D eigenvalue weighted by Crippen LogP contribution is 2.32. The van der Waals surface area contributed by atoms with E-state index in [1.165, 1.54) is 0 Å². The Morgan fingerprint density at radius 1 is 1.50 bits per heavy atom. The molecule has 0 amide bonds. The van der Waals surface area contributed by atoms with Gasteiger partial charge in [-0.1, -0.05) is 0 Å². The second-order valence-electron chi connectivity index (χ2n) is 5.05. The summed E-state index contributed by atoms with van der Waals surface area (Å²) in [6.07, 6.45) is 3.16. The zero-order valence-electron chi connectivity index (χ0n) is 9.39. The lowest BCUT2D eigenvalue weighted by Crippen LogP contribution is -2.54.